The number of carboxylic acids is 1. The van der Waals surface area contributed by atoms with Gasteiger partial charge in [-0.3, -0.25) is 4.79 Å². The normalized spacial score (nSPS) is 12.0. The SMILES string of the molecule is CCC[C@@H](CO)Nc1nc(N)nc(C)c1Cc1ccc(CC(=O)O)cc1. The van der Waals surface area contributed by atoms with Crippen LogP contribution in [0.25, 0.3) is 0 Å². The monoisotopic (exact) mass is 358 g/mol. The fraction of sp³-hybridized carbons (Fsp3) is 0.421. The van der Waals surface area contributed by atoms with Crippen molar-refractivity contribution in [3.63, 3.8) is 0 Å². The van der Waals surface area contributed by atoms with Crippen molar-refractivity contribution in [3.8, 4) is 0 Å². The molecular weight excluding hydrogens is 332 g/mol. The van der Waals surface area contributed by atoms with Crippen LogP contribution in [0.4, 0.5) is 11.8 Å². The second-order valence-electron chi connectivity index (χ2n) is 6.37. The zero-order valence-corrected chi connectivity index (χ0v) is 15.2. The van der Waals surface area contributed by atoms with Crippen molar-refractivity contribution in [1.29, 1.82) is 0 Å². The molecule has 0 amide bonds. The van der Waals surface area contributed by atoms with Crippen molar-refractivity contribution in [3.05, 3.63) is 46.6 Å². The number of nitrogens with two attached hydrogens (primary N) is 1. The number of hydrogen-bond acceptors (Lipinski definition) is 6. The van der Waals surface area contributed by atoms with Gasteiger partial charge in [0.25, 0.3) is 0 Å². The Hall–Kier alpha value is -2.67. The first kappa shape index (κ1) is 19.7. The fourth-order valence-corrected chi connectivity index (χ4v) is 2.85. The predicted molar refractivity (Wildman–Crippen MR) is 101 cm³/mol. The van der Waals surface area contributed by atoms with E-state index in [4.69, 9.17) is 10.8 Å². The topological polar surface area (TPSA) is 121 Å². The Balaban J connectivity index is 2.25. The zero-order chi connectivity index (χ0) is 19.1. The minimum absolute atomic E-state index is 0.00624. The Labute approximate surface area is 153 Å². The molecule has 1 aromatic heterocycles. The number of nitrogen functional groups attached to an aromatic ring is 1. The standard InChI is InChI=1S/C19H26N4O3/c1-3-4-15(11-24)22-18-16(12(2)21-19(20)23-18)9-13-5-7-14(8-6-13)10-17(25)26/h5-8,15,24H,3-4,9-11H2,1-2H3,(H,25,26)(H3,20,21,22,23)/t15-/m0/s1. The van der Waals surface area contributed by atoms with Crippen LogP contribution in [0.3, 0.4) is 0 Å². The van der Waals surface area contributed by atoms with E-state index in [1.54, 1.807) is 0 Å². The molecule has 7 heteroatoms. The maximum atomic E-state index is 10.8. The first-order chi connectivity index (χ1) is 12.4. The highest BCUT2D eigenvalue weighted by atomic mass is 16.4. The number of nitrogens with one attached hydrogen (secondary N) is 1. The van der Waals surface area contributed by atoms with Crippen molar-refractivity contribution in [2.75, 3.05) is 17.7 Å². The van der Waals surface area contributed by atoms with E-state index in [0.717, 1.165) is 35.2 Å². The molecule has 0 aliphatic heterocycles. The molecule has 7 nitrogen and oxygen atoms in total. The van der Waals surface area contributed by atoms with Gasteiger partial charge < -0.3 is 21.3 Å². The summed E-state index contributed by atoms with van der Waals surface area (Å²) in [5, 5.41) is 21.7. The summed E-state index contributed by atoms with van der Waals surface area (Å²) in [5.74, 6) is -0.0196. The summed E-state index contributed by atoms with van der Waals surface area (Å²) < 4.78 is 0. The van der Waals surface area contributed by atoms with E-state index in [0.29, 0.717) is 12.2 Å². The molecule has 0 radical (unpaired) electrons. The molecule has 26 heavy (non-hydrogen) atoms. The number of hydrogen-bond donors (Lipinski definition) is 4. The van der Waals surface area contributed by atoms with E-state index in [-0.39, 0.29) is 25.0 Å². The number of anilines is 2. The molecule has 1 heterocycles. The molecule has 0 aliphatic rings. The van der Waals surface area contributed by atoms with Gasteiger partial charge in [0.1, 0.15) is 5.82 Å². The van der Waals surface area contributed by atoms with Crippen molar-refractivity contribution in [2.45, 2.75) is 45.6 Å². The molecule has 140 valence electrons. The molecule has 2 aromatic rings. The summed E-state index contributed by atoms with van der Waals surface area (Å²) in [6.45, 7) is 3.95. The highest BCUT2D eigenvalue weighted by molar-refractivity contribution is 5.70. The van der Waals surface area contributed by atoms with Crippen LogP contribution < -0.4 is 11.1 Å². The third-order valence-corrected chi connectivity index (χ3v) is 4.19. The van der Waals surface area contributed by atoms with Crippen LogP contribution in [0.15, 0.2) is 24.3 Å². The molecular formula is C19H26N4O3. The molecule has 0 unspecified atom stereocenters. The van der Waals surface area contributed by atoms with Crippen LogP contribution in [0, 0.1) is 6.92 Å². The highest BCUT2D eigenvalue weighted by Gasteiger charge is 2.15. The highest BCUT2D eigenvalue weighted by Crippen LogP contribution is 2.23. The number of benzene rings is 1. The predicted octanol–water partition coefficient (Wildman–Crippen LogP) is 2.16. The average molecular weight is 358 g/mol. The summed E-state index contributed by atoms with van der Waals surface area (Å²) in [6.07, 6.45) is 2.36. The van der Waals surface area contributed by atoms with Crippen LogP contribution in [0.5, 0.6) is 0 Å². The molecule has 1 aromatic carbocycles. The van der Waals surface area contributed by atoms with Gasteiger partial charge in [-0.05, 0) is 24.5 Å². The number of aryl methyl sites for hydroxylation is 1. The van der Waals surface area contributed by atoms with Gasteiger partial charge in [-0.1, -0.05) is 37.6 Å². The third-order valence-electron chi connectivity index (χ3n) is 4.19. The van der Waals surface area contributed by atoms with Gasteiger partial charge in [-0.15, -0.1) is 0 Å². The minimum atomic E-state index is -0.849. The van der Waals surface area contributed by atoms with E-state index in [9.17, 15) is 9.90 Å². The van der Waals surface area contributed by atoms with Crippen LogP contribution in [-0.2, 0) is 17.6 Å². The fourth-order valence-electron chi connectivity index (χ4n) is 2.85. The molecule has 1 atom stereocenters. The second-order valence-corrected chi connectivity index (χ2v) is 6.37. The minimum Gasteiger partial charge on any atom is -0.481 e. The molecule has 0 bridgehead atoms. The lowest BCUT2D eigenvalue weighted by molar-refractivity contribution is -0.136. The lowest BCUT2D eigenvalue weighted by Gasteiger charge is -2.20. The molecule has 0 saturated heterocycles. The van der Waals surface area contributed by atoms with Crippen LogP contribution in [0.1, 0.15) is 42.1 Å². The van der Waals surface area contributed by atoms with Crippen LogP contribution >= 0.6 is 0 Å². The number of carbonyl (C=O) groups is 1. The molecule has 0 spiro atoms. The van der Waals surface area contributed by atoms with Gasteiger partial charge in [0.15, 0.2) is 0 Å². The van der Waals surface area contributed by atoms with E-state index >= 15 is 0 Å². The number of aliphatic carboxylic acids is 1. The van der Waals surface area contributed by atoms with Crippen molar-refractivity contribution < 1.29 is 15.0 Å². The molecule has 0 saturated carbocycles. The molecule has 5 N–H and O–H groups in total. The smallest absolute Gasteiger partial charge is 0.307 e. The molecule has 0 fully saturated rings. The van der Waals surface area contributed by atoms with Crippen LogP contribution in [-0.4, -0.2) is 38.8 Å². The van der Waals surface area contributed by atoms with Gasteiger partial charge in [-0.25, -0.2) is 4.98 Å². The summed E-state index contributed by atoms with van der Waals surface area (Å²) in [4.78, 5) is 19.4. The quantitative estimate of drug-likeness (QED) is 0.542. The van der Waals surface area contributed by atoms with Gasteiger partial charge in [0.2, 0.25) is 5.95 Å². The second kappa shape index (κ2) is 9.15. The number of carboxylic acid groups (broad SMARTS) is 1. The maximum absolute atomic E-state index is 10.8. The number of aliphatic hydroxyl groups is 1. The van der Waals surface area contributed by atoms with Gasteiger partial charge in [0, 0.05) is 17.7 Å². The average Bonchev–Trinajstić information content (AvgIpc) is 2.58. The molecule has 2 rings (SSSR count). The van der Waals surface area contributed by atoms with E-state index in [2.05, 4.69) is 22.2 Å². The summed E-state index contributed by atoms with van der Waals surface area (Å²) >= 11 is 0. The first-order valence-electron chi connectivity index (χ1n) is 8.72. The van der Waals surface area contributed by atoms with E-state index in [1.165, 1.54) is 0 Å². The number of aromatic nitrogens is 2. The van der Waals surface area contributed by atoms with Crippen molar-refractivity contribution >= 4 is 17.7 Å². The Morgan fingerprint density at radius 2 is 1.88 bits per heavy atom. The first-order valence-corrected chi connectivity index (χ1v) is 8.72. The summed E-state index contributed by atoms with van der Waals surface area (Å²) in [7, 11) is 0. The Kier molecular flexibility index (Phi) is 6.91. The zero-order valence-electron chi connectivity index (χ0n) is 15.2. The van der Waals surface area contributed by atoms with Crippen molar-refractivity contribution in [1.82, 2.24) is 9.97 Å². The summed E-state index contributed by atoms with van der Waals surface area (Å²) in [5.41, 5.74) is 9.28. The van der Waals surface area contributed by atoms with Gasteiger partial charge in [-0.2, -0.15) is 4.98 Å². The number of rotatable bonds is 9. The largest absolute Gasteiger partial charge is 0.481 e. The number of nitrogens with zero attached hydrogens (tertiary/aromatic N) is 2. The number of aliphatic hydroxyl groups excluding tert-OH is 1. The molecule has 0 aliphatic carbocycles. The van der Waals surface area contributed by atoms with E-state index < -0.39 is 5.97 Å². The van der Waals surface area contributed by atoms with Crippen molar-refractivity contribution in [2.24, 2.45) is 0 Å². The lowest BCUT2D eigenvalue weighted by atomic mass is 10.0. The van der Waals surface area contributed by atoms with Gasteiger partial charge in [0.05, 0.1) is 19.1 Å². The lowest BCUT2D eigenvalue weighted by Crippen LogP contribution is -2.25. The van der Waals surface area contributed by atoms with E-state index in [1.807, 2.05) is 31.2 Å². The van der Waals surface area contributed by atoms with Gasteiger partial charge >= 0.3 is 5.97 Å². The summed E-state index contributed by atoms with van der Waals surface area (Å²) in [6, 6.07) is 7.36. The Morgan fingerprint density at radius 3 is 2.46 bits per heavy atom. The third kappa shape index (κ3) is 5.42. The Morgan fingerprint density at radius 1 is 1.23 bits per heavy atom. The maximum Gasteiger partial charge on any atom is 0.307 e. The van der Waals surface area contributed by atoms with Crippen LogP contribution in [0.2, 0.25) is 0 Å². The Bertz CT molecular complexity index is 747.